The van der Waals surface area contributed by atoms with E-state index in [0.29, 0.717) is 13.0 Å². The first kappa shape index (κ1) is 21.5. The van der Waals surface area contributed by atoms with Gasteiger partial charge in [0.1, 0.15) is 25.0 Å². The molecule has 5 heteroatoms. The maximum atomic E-state index is 12.1. The third-order valence-electron chi connectivity index (χ3n) is 4.15. The molecule has 0 aliphatic carbocycles. The van der Waals surface area contributed by atoms with Gasteiger partial charge in [0, 0.05) is 0 Å². The van der Waals surface area contributed by atoms with E-state index in [1.165, 1.54) is 0 Å². The second-order valence-corrected chi connectivity index (χ2v) is 6.32. The van der Waals surface area contributed by atoms with E-state index in [9.17, 15) is 4.79 Å². The Balaban J connectivity index is 0.00000280. The van der Waals surface area contributed by atoms with Crippen molar-refractivity contribution in [2.24, 2.45) is 5.73 Å². The number of nitrogens with two attached hydrogens (primary N) is 1. The molecule has 4 nitrogen and oxygen atoms in total. The second kappa shape index (κ2) is 11.1. The Bertz CT molecular complexity index is 839. The number of carbonyl (C=O) groups excluding carboxylic acids is 1. The van der Waals surface area contributed by atoms with E-state index < -0.39 is 12.0 Å². The third kappa shape index (κ3) is 6.72. The molecule has 3 rings (SSSR count). The lowest BCUT2D eigenvalue weighted by Gasteiger charge is -2.12. The van der Waals surface area contributed by atoms with Gasteiger partial charge in [0.2, 0.25) is 0 Å². The van der Waals surface area contributed by atoms with Crippen molar-refractivity contribution in [3.8, 4) is 5.75 Å². The normalized spacial score (nSPS) is 11.2. The van der Waals surface area contributed by atoms with Gasteiger partial charge in [0.15, 0.2) is 0 Å². The van der Waals surface area contributed by atoms with Gasteiger partial charge in [-0.2, -0.15) is 0 Å². The molecule has 0 bridgehead atoms. The van der Waals surface area contributed by atoms with Crippen LogP contribution in [0.2, 0.25) is 0 Å². The summed E-state index contributed by atoms with van der Waals surface area (Å²) >= 11 is 0. The molecule has 0 saturated heterocycles. The predicted octanol–water partition coefficient (Wildman–Crippen LogP) is 4.30. The molecule has 0 amide bonds. The van der Waals surface area contributed by atoms with Gasteiger partial charge in [-0.05, 0) is 35.2 Å². The van der Waals surface area contributed by atoms with Gasteiger partial charge in [0.25, 0.3) is 0 Å². The maximum Gasteiger partial charge on any atom is 0.323 e. The summed E-state index contributed by atoms with van der Waals surface area (Å²) in [5.74, 6) is 0.381. The van der Waals surface area contributed by atoms with Gasteiger partial charge >= 0.3 is 5.97 Å². The maximum absolute atomic E-state index is 12.1. The highest BCUT2D eigenvalue weighted by Gasteiger charge is 2.15. The molecule has 0 radical (unpaired) electrons. The lowest BCUT2D eigenvalue weighted by atomic mass is 10.1. The van der Waals surface area contributed by atoms with Crippen molar-refractivity contribution in [3.63, 3.8) is 0 Å². The summed E-state index contributed by atoms with van der Waals surface area (Å²) in [6, 6.07) is 26.5. The molecule has 3 aromatic rings. The SMILES string of the molecule is Cl.N[C@H](Cc1ccc(OCc2ccccc2)cc1)C(=O)OCc1ccccc1. The Morgan fingerprint density at radius 2 is 1.29 bits per heavy atom. The number of hydrogen-bond acceptors (Lipinski definition) is 4. The number of rotatable bonds is 8. The third-order valence-corrected chi connectivity index (χ3v) is 4.15. The van der Waals surface area contributed by atoms with Crippen LogP contribution < -0.4 is 10.5 Å². The molecule has 3 aromatic carbocycles. The molecular formula is C23H24ClNO3. The minimum Gasteiger partial charge on any atom is -0.489 e. The first-order chi connectivity index (χ1) is 13.2. The van der Waals surface area contributed by atoms with Crippen molar-refractivity contribution in [2.45, 2.75) is 25.7 Å². The standard InChI is InChI=1S/C23H23NO3.ClH/c24-22(23(25)27-17-20-9-5-2-6-10-20)15-18-11-13-21(14-12-18)26-16-19-7-3-1-4-8-19;/h1-14,22H,15-17,24H2;1H/t22-;/m1./s1. The Morgan fingerprint density at radius 1 is 0.750 bits per heavy atom. The molecule has 2 N–H and O–H groups in total. The summed E-state index contributed by atoms with van der Waals surface area (Å²) in [6.45, 7) is 0.755. The quantitative estimate of drug-likeness (QED) is 0.575. The number of ether oxygens (including phenoxy) is 2. The monoisotopic (exact) mass is 397 g/mol. The smallest absolute Gasteiger partial charge is 0.323 e. The average Bonchev–Trinajstić information content (AvgIpc) is 2.73. The highest BCUT2D eigenvalue weighted by Crippen LogP contribution is 2.15. The van der Waals surface area contributed by atoms with Crippen molar-refractivity contribution in [2.75, 3.05) is 0 Å². The molecule has 0 aliphatic heterocycles. The fraction of sp³-hybridized carbons (Fsp3) is 0.174. The molecule has 0 spiro atoms. The zero-order valence-electron chi connectivity index (χ0n) is 15.5. The largest absolute Gasteiger partial charge is 0.489 e. The van der Waals surface area contributed by atoms with E-state index in [4.69, 9.17) is 15.2 Å². The minimum atomic E-state index is -0.690. The zero-order chi connectivity index (χ0) is 18.9. The van der Waals surface area contributed by atoms with Gasteiger partial charge in [-0.25, -0.2) is 0 Å². The van der Waals surface area contributed by atoms with Gasteiger partial charge in [-0.15, -0.1) is 12.4 Å². The minimum absolute atomic E-state index is 0. The fourth-order valence-electron chi connectivity index (χ4n) is 2.64. The topological polar surface area (TPSA) is 61.5 Å². The van der Waals surface area contributed by atoms with Crippen LogP contribution in [0.4, 0.5) is 0 Å². The van der Waals surface area contributed by atoms with Gasteiger partial charge in [-0.1, -0.05) is 72.8 Å². The van der Waals surface area contributed by atoms with E-state index in [0.717, 1.165) is 22.4 Å². The summed E-state index contributed by atoms with van der Waals surface area (Å²) in [7, 11) is 0. The van der Waals surface area contributed by atoms with Crippen LogP contribution in [-0.4, -0.2) is 12.0 Å². The number of hydrogen-bond donors (Lipinski definition) is 1. The number of esters is 1. The Labute approximate surface area is 171 Å². The van der Waals surface area contributed by atoms with Gasteiger partial charge in [-0.3, -0.25) is 4.79 Å². The van der Waals surface area contributed by atoms with Crippen LogP contribution in [-0.2, 0) is 29.2 Å². The van der Waals surface area contributed by atoms with E-state index in [1.807, 2.05) is 84.9 Å². The first-order valence-electron chi connectivity index (χ1n) is 8.92. The van der Waals surface area contributed by atoms with E-state index in [2.05, 4.69) is 0 Å². The summed E-state index contributed by atoms with van der Waals surface area (Å²) in [5.41, 5.74) is 9.00. The fourth-order valence-corrected chi connectivity index (χ4v) is 2.64. The van der Waals surface area contributed by atoms with Crippen LogP contribution in [0, 0.1) is 0 Å². The van der Waals surface area contributed by atoms with E-state index in [-0.39, 0.29) is 19.0 Å². The molecule has 0 heterocycles. The highest BCUT2D eigenvalue weighted by atomic mass is 35.5. The summed E-state index contributed by atoms with van der Waals surface area (Å²) in [5, 5.41) is 0. The molecular weight excluding hydrogens is 374 g/mol. The molecule has 1 atom stereocenters. The van der Waals surface area contributed by atoms with E-state index >= 15 is 0 Å². The van der Waals surface area contributed by atoms with Gasteiger partial charge < -0.3 is 15.2 Å². The lowest BCUT2D eigenvalue weighted by Crippen LogP contribution is -2.34. The van der Waals surface area contributed by atoms with Crippen LogP contribution in [0.15, 0.2) is 84.9 Å². The summed E-state index contributed by atoms with van der Waals surface area (Å²) in [6.07, 6.45) is 0.423. The summed E-state index contributed by atoms with van der Waals surface area (Å²) in [4.78, 5) is 12.1. The van der Waals surface area contributed by atoms with Gasteiger partial charge in [0.05, 0.1) is 0 Å². The molecule has 28 heavy (non-hydrogen) atoms. The van der Waals surface area contributed by atoms with Crippen molar-refractivity contribution in [3.05, 3.63) is 102 Å². The van der Waals surface area contributed by atoms with Crippen LogP contribution in [0.5, 0.6) is 5.75 Å². The number of carbonyl (C=O) groups is 1. The van der Waals surface area contributed by atoms with Crippen LogP contribution >= 0.6 is 12.4 Å². The Hall–Kier alpha value is -2.82. The zero-order valence-corrected chi connectivity index (χ0v) is 16.3. The Morgan fingerprint density at radius 3 is 1.86 bits per heavy atom. The van der Waals surface area contributed by atoms with Crippen molar-refractivity contribution in [1.82, 2.24) is 0 Å². The van der Waals surface area contributed by atoms with E-state index in [1.54, 1.807) is 0 Å². The highest BCUT2D eigenvalue weighted by molar-refractivity contribution is 5.85. The van der Waals surface area contributed by atoms with Crippen molar-refractivity contribution >= 4 is 18.4 Å². The summed E-state index contributed by atoms with van der Waals surface area (Å²) < 4.78 is 11.0. The molecule has 0 aromatic heterocycles. The molecule has 0 unspecified atom stereocenters. The van der Waals surface area contributed by atoms with Crippen molar-refractivity contribution in [1.29, 1.82) is 0 Å². The average molecular weight is 398 g/mol. The second-order valence-electron chi connectivity index (χ2n) is 6.32. The molecule has 0 saturated carbocycles. The van der Waals surface area contributed by atoms with Crippen LogP contribution in [0.25, 0.3) is 0 Å². The Kier molecular flexibility index (Phi) is 8.53. The van der Waals surface area contributed by atoms with Crippen molar-refractivity contribution < 1.29 is 14.3 Å². The lowest BCUT2D eigenvalue weighted by molar-refractivity contribution is -0.146. The number of halogens is 1. The molecule has 146 valence electrons. The van der Waals surface area contributed by atoms with Crippen LogP contribution in [0.3, 0.4) is 0 Å². The first-order valence-corrected chi connectivity index (χ1v) is 8.92. The predicted molar refractivity (Wildman–Crippen MR) is 112 cm³/mol. The molecule has 0 fully saturated rings. The van der Waals surface area contributed by atoms with Crippen LogP contribution in [0.1, 0.15) is 16.7 Å². The molecule has 0 aliphatic rings. The number of benzene rings is 3.